The number of nitrogens with zero attached hydrogens (tertiary/aromatic N) is 5. The molecule has 0 bridgehead atoms. The summed E-state index contributed by atoms with van der Waals surface area (Å²) in [5.74, 6) is 0.446. The Balaban J connectivity index is 1.38. The monoisotopic (exact) mass is 308 g/mol. The van der Waals surface area contributed by atoms with Crippen molar-refractivity contribution in [3.05, 3.63) is 48.0 Å². The largest absolute Gasteiger partial charge is 0.382 e. The van der Waals surface area contributed by atoms with Crippen LogP contribution in [0.2, 0.25) is 0 Å². The first-order valence-corrected chi connectivity index (χ1v) is 8.02. The maximum absolute atomic E-state index is 5.83. The van der Waals surface area contributed by atoms with Crippen molar-refractivity contribution < 1.29 is 0 Å². The number of hydrogen-bond acceptors (Lipinski definition) is 5. The van der Waals surface area contributed by atoms with Gasteiger partial charge >= 0.3 is 0 Å². The first-order chi connectivity index (χ1) is 11.3. The number of nitrogen functional groups attached to an aromatic ring is 1. The van der Waals surface area contributed by atoms with Crippen LogP contribution < -0.4 is 5.73 Å². The summed E-state index contributed by atoms with van der Waals surface area (Å²) in [5, 5.41) is 0. The third-order valence-corrected chi connectivity index (χ3v) is 4.51. The van der Waals surface area contributed by atoms with Crippen LogP contribution in [0.1, 0.15) is 17.5 Å². The Morgan fingerprint density at radius 1 is 1.04 bits per heavy atom. The number of hydrogen-bond donors (Lipinski definition) is 1. The molecule has 6 heteroatoms. The van der Waals surface area contributed by atoms with Crippen molar-refractivity contribution in [1.29, 1.82) is 0 Å². The van der Waals surface area contributed by atoms with Gasteiger partial charge in [0.15, 0.2) is 11.5 Å². The first-order valence-electron chi connectivity index (χ1n) is 8.02. The van der Waals surface area contributed by atoms with Crippen molar-refractivity contribution in [2.24, 2.45) is 0 Å². The van der Waals surface area contributed by atoms with Gasteiger partial charge in [0, 0.05) is 26.2 Å². The fourth-order valence-corrected chi connectivity index (χ4v) is 3.27. The minimum Gasteiger partial charge on any atom is -0.382 e. The van der Waals surface area contributed by atoms with Crippen LogP contribution in [0.3, 0.4) is 0 Å². The lowest BCUT2D eigenvalue weighted by molar-refractivity contribution is 0.247. The zero-order valence-electron chi connectivity index (χ0n) is 13.0. The van der Waals surface area contributed by atoms with Gasteiger partial charge in [-0.25, -0.2) is 15.0 Å². The molecule has 4 rings (SSSR count). The van der Waals surface area contributed by atoms with Crippen molar-refractivity contribution in [2.45, 2.75) is 25.9 Å². The minimum absolute atomic E-state index is 0.446. The predicted molar refractivity (Wildman–Crippen MR) is 89.8 cm³/mol. The van der Waals surface area contributed by atoms with Crippen LogP contribution >= 0.6 is 0 Å². The summed E-state index contributed by atoms with van der Waals surface area (Å²) in [7, 11) is 0. The van der Waals surface area contributed by atoms with Gasteiger partial charge in [0.25, 0.3) is 0 Å². The maximum Gasteiger partial charge on any atom is 0.165 e. The molecule has 0 amide bonds. The Kier molecular flexibility index (Phi) is 3.67. The van der Waals surface area contributed by atoms with Gasteiger partial charge in [0.1, 0.15) is 11.8 Å². The summed E-state index contributed by atoms with van der Waals surface area (Å²) in [6, 6.07) is 8.75. The summed E-state index contributed by atoms with van der Waals surface area (Å²) in [6.07, 6.45) is 5.52. The topological polar surface area (TPSA) is 72.9 Å². The van der Waals surface area contributed by atoms with Gasteiger partial charge in [0.2, 0.25) is 0 Å². The van der Waals surface area contributed by atoms with E-state index in [0.29, 0.717) is 11.3 Å². The molecule has 1 aromatic carbocycles. The summed E-state index contributed by atoms with van der Waals surface area (Å²) in [5.41, 5.74) is 10.3. The average molecular weight is 308 g/mol. The number of imidazole rings is 1. The molecular weight excluding hydrogens is 288 g/mol. The highest BCUT2D eigenvalue weighted by molar-refractivity contribution is 5.80. The van der Waals surface area contributed by atoms with Crippen molar-refractivity contribution in [2.75, 3.05) is 18.8 Å². The lowest BCUT2D eigenvalue weighted by Crippen LogP contribution is -2.31. The second kappa shape index (κ2) is 5.96. The van der Waals surface area contributed by atoms with Gasteiger partial charge in [-0.05, 0) is 24.0 Å². The molecule has 1 aliphatic heterocycles. The lowest BCUT2D eigenvalue weighted by atomic mass is 10.00. The number of aromatic nitrogens is 4. The van der Waals surface area contributed by atoms with Gasteiger partial charge in [-0.3, -0.25) is 4.90 Å². The van der Waals surface area contributed by atoms with Crippen molar-refractivity contribution in [1.82, 2.24) is 24.4 Å². The first kappa shape index (κ1) is 14.1. The summed E-state index contributed by atoms with van der Waals surface area (Å²) < 4.78 is 2.06. The normalized spacial score (nSPS) is 15.0. The van der Waals surface area contributed by atoms with Crippen LogP contribution in [-0.2, 0) is 19.5 Å². The molecule has 6 nitrogen and oxygen atoms in total. The zero-order valence-corrected chi connectivity index (χ0v) is 13.0. The quantitative estimate of drug-likeness (QED) is 0.796. The number of aryl methyl sites for hydroxylation is 1. The Morgan fingerprint density at radius 2 is 1.91 bits per heavy atom. The van der Waals surface area contributed by atoms with Gasteiger partial charge < -0.3 is 10.3 Å². The van der Waals surface area contributed by atoms with Gasteiger partial charge in [-0.1, -0.05) is 24.3 Å². The Morgan fingerprint density at radius 3 is 2.83 bits per heavy atom. The van der Waals surface area contributed by atoms with E-state index in [1.165, 1.54) is 17.5 Å². The van der Waals surface area contributed by atoms with E-state index in [-0.39, 0.29) is 0 Å². The van der Waals surface area contributed by atoms with Crippen molar-refractivity contribution in [3.8, 4) is 0 Å². The molecule has 0 fully saturated rings. The number of benzene rings is 1. The summed E-state index contributed by atoms with van der Waals surface area (Å²) in [4.78, 5) is 15.1. The van der Waals surface area contributed by atoms with Gasteiger partial charge in [-0.15, -0.1) is 0 Å². The second-order valence-electron chi connectivity index (χ2n) is 6.02. The molecule has 0 aliphatic carbocycles. The maximum atomic E-state index is 5.83. The van der Waals surface area contributed by atoms with E-state index in [2.05, 4.69) is 48.7 Å². The molecule has 0 saturated carbocycles. The SMILES string of the molecule is Nc1ncnc2c1ncn2CCCN1CCc2ccccc2C1. The standard InChI is InChI=1S/C17H20N6/c18-16-15-17(20-11-19-16)23(12-21-15)8-3-7-22-9-6-13-4-1-2-5-14(13)10-22/h1-2,4-5,11-12H,3,6-10H2,(H2,18,19,20). The summed E-state index contributed by atoms with van der Waals surface area (Å²) >= 11 is 0. The molecule has 0 spiro atoms. The number of anilines is 1. The Labute approximate surface area is 135 Å². The van der Waals surface area contributed by atoms with Crippen LogP contribution in [-0.4, -0.2) is 37.5 Å². The molecular formula is C17H20N6. The third-order valence-electron chi connectivity index (χ3n) is 4.51. The molecule has 3 heterocycles. The van der Waals surface area contributed by atoms with E-state index < -0.39 is 0 Å². The van der Waals surface area contributed by atoms with E-state index in [9.17, 15) is 0 Å². The molecule has 0 radical (unpaired) electrons. The molecule has 0 saturated heterocycles. The molecule has 3 aromatic rings. The van der Waals surface area contributed by atoms with E-state index in [0.717, 1.165) is 44.7 Å². The van der Waals surface area contributed by atoms with Gasteiger partial charge in [0.05, 0.1) is 6.33 Å². The van der Waals surface area contributed by atoms with E-state index >= 15 is 0 Å². The smallest absolute Gasteiger partial charge is 0.165 e. The molecule has 2 aromatic heterocycles. The van der Waals surface area contributed by atoms with Crippen molar-refractivity contribution >= 4 is 17.0 Å². The van der Waals surface area contributed by atoms with Crippen LogP contribution in [0, 0.1) is 0 Å². The molecule has 2 N–H and O–H groups in total. The summed E-state index contributed by atoms with van der Waals surface area (Å²) in [6.45, 7) is 4.16. The van der Waals surface area contributed by atoms with E-state index in [1.807, 2.05) is 0 Å². The third kappa shape index (κ3) is 2.77. The Hall–Kier alpha value is -2.47. The second-order valence-corrected chi connectivity index (χ2v) is 6.02. The van der Waals surface area contributed by atoms with E-state index in [4.69, 9.17) is 5.73 Å². The fourth-order valence-electron chi connectivity index (χ4n) is 3.27. The number of fused-ring (bicyclic) bond motifs is 2. The zero-order chi connectivity index (χ0) is 15.6. The fraction of sp³-hybridized carbons (Fsp3) is 0.353. The number of rotatable bonds is 4. The average Bonchev–Trinajstić information content (AvgIpc) is 2.99. The van der Waals surface area contributed by atoms with Crippen LogP contribution in [0.5, 0.6) is 0 Å². The lowest BCUT2D eigenvalue weighted by Gasteiger charge is -2.28. The van der Waals surface area contributed by atoms with Gasteiger partial charge in [-0.2, -0.15) is 0 Å². The predicted octanol–water partition coefficient (Wildman–Crippen LogP) is 1.86. The highest BCUT2D eigenvalue weighted by Crippen LogP contribution is 2.19. The molecule has 1 aliphatic rings. The van der Waals surface area contributed by atoms with E-state index in [1.54, 1.807) is 6.33 Å². The molecule has 118 valence electrons. The molecule has 0 atom stereocenters. The van der Waals surface area contributed by atoms with Crippen LogP contribution in [0.4, 0.5) is 5.82 Å². The molecule has 23 heavy (non-hydrogen) atoms. The van der Waals surface area contributed by atoms with Crippen LogP contribution in [0.25, 0.3) is 11.2 Å². The highest BCUT2D eigenvalue weighted by Gasteiger charge is 2.15. The number of nitrogens with two attached hydrogens (primary N) is 1. The van der Waals surface area contributed by atoms with Crippen LogP contribution in [0.15, 0.2) is 36.9 Å². The van der Waals surface area contributed by atoms with Crippen molar-refractivity contribution in [3.63, 3.8) is 0 Å². The minimum atomic E-state index is 0.446. The molecule has 0 unspecified atom stereocenters. The highest BCUT2D eigenvalue weighted by atomic mass is 15.1. The Bertz CT molecular complexity index is 825.